The fourth-order valence-electron chi connectivity index (χ4n) is 1.43. The van der Waals surface area contributed by atoms with Gasteiger partial charge in [0, 0.05) is 18.2 Å². The second-order valence-electron chi connectivity index (χ2n) is 3.83. The van der Waals surface area contributed by atoms with Crippen LogP contribution in [0.1, 0.15) is 16.9 Å². The van der Waals surface area contributed by atoms with E-state index in [0.29, 0.717) is 23.6 Å². The first-order valence-electron chi connectivity index (χ1n) is 5.34. The number of furan rings is 1. The van der Waals surface area contributed by atoms with Gasteiger partial charge in [0.15, 0.2) is 0 Å². The Kier molecular flexibility index (Phi) is 3.44. The van der Waals surface area contributed by atoms with Crippen LogP contribution in [0, 0.1) is 12.7 Å². The van der Waals surface area contributed by atoms with Crippen molar-refractivity contribution in [2.75, 3.05) is 0 Å². The third kappa shape index (κ3) is 2.85. The molecular weight excluding hydrogens is 221 g/mol. The topological polar surface area (TPSA) is 48.4 Å². The molecule has 2 rings (SSSR count). The highest BCUT2D eigenvalue weighted by Crippen LogP contribution is 2.17. The van der Waals surface area contributed by atoms with Crippen LogP contribution in [0.5, 0.6) is 5.75 Å². The van der Waals surface area contributed by atoms with Gasteiger partial charge in [0.25, 0.3) is 0 Å². The SMILES string of the molecule is Cc1ccc(OCc2cc(CN)co2)cc1F. The molecule has 0 spiro atoms. The zero-order valence-corrected chi connectivity index (χ0v) is 9.57. The van der Waals surface area contributed by atoms with E-state index in [9.17, 15) is 4.39 Å². The lowest BCUT2D eigenvalue weighted by Gasteiger charge is -2.05. The molecule has 0 aliphatic rings. The van der Waals surface area contributed by atoms with Gasteiger partial charge < -0.3 is 14.9 Å². The summed E-state index contributed by atoms with van der Waals surface area (Å²) in [6.45, 7) is 2.41. The third-order valence-corrected chi connectivity index (χ3v) is 2.47. The van der Waals surface area contributed by atoms with Gasteiger partial charge >= 0.3 is 0 Å². The summed E-state index contributed by atoms with van der Waals surface area (Å²) in [6.07, 6.45) is 1.59. The molecule has 0 bridgehead atoms. The molecular formula is C13H14FNO2. The van der Waals surface area contributed by atoms with Crippen LogP contribution in [0.25, 0.3) is 0 Å². The van der Waals surface area contributed by atoms with Crippen LogP contribution in [0.2, 0.25) is 0 Å². The predicted octanol–water partition coefficient (Wildman–Crippen LogP) is 2.76. The number of hydrogen-bond acceptors (Lipinski definition) is 3. The van der Waals surface area contributed by atoms with Crippen molar-refractivity contribution in [3.8, 4) is 5.75 Å². The van der Waals surface area contributed by atoms with Crippen molar-refractivity contribution >= 4 is 0 Å². The Morgan fingerprint density at radius 1 is 1.35 bits per heavy atom. The largest absolute Gasteiger partial charge is 0.486 e. The number of nitrogens with two attached hydrogens (primary N) is 1. The molecule has 3 nitrogen and oxygen atoms in total. The Balaban J connectivity index is 1.99. The predicted molar refractivity (Wildman–Crippen MR) is 62.1 cm³/mol. The van der Waals surface area contributed by atoms with Crippen molar-refractivity contribution in [1.29, 1.82) is 0 Å². The normalized spacial score (nSPS) is 10.5. The van der Waals surface area contributed by atoms with E-state index in [0.717, 1.165) is 5.56 Å². The van der Waals surface area contributed by atoms with E-state index in [1.54, 1.807) is 25.3 Å². The average molecular weight is 235 g/mol. The molecule has 0 aliphatic carbocycles. The maximum absolute atomic E-state index is 13.2. The molecule has 0 atom stereocenters. The lowest BCUT2D eigenvalue weighted by atomic mass is 10.2. The first-order valence-corrected chi connectivity index (χ1v) is 5.34. The van der Waals surface area contributed by atoms with Crippen molar-refractivity contribution in [3.05, 3.63) is 53.2 Å². The number of hydrogen-bond donors (Lipinski definition) is 1. The Bertz CT molecular complexity index is 508. The molecule has 0 aliphatic heterocycles. The quantitative estimate of drug-likeness (QED) is 0.886. The highest BCUT2D eigenvalue weighted by Gasteiger charge is 2.03. The van der Waals surface area contributed by atoms with Gasteiger partial charge in [-0.2, -0.15) is 0 Å². The molecule has 0 amide bonds. The smallest absolute Gasteiger partial charge is 0.146 e. The lowest BCUT2D eigenvalue weighted by Crippen LogP contribution is -1.96. The number of benzene rings is 1. The Morgan fingerprint density at radius 3 is 2.82 bits per heavy atom. The van der Waals surface area contributed by atoms with Crippen molar-refractivity contribution < 1.29 is 13.5 Å². The highest BCUT2D eigenvalue weighted by atomic mass is 19.1. The number of ether oxygens (including phenoxy) is 1. The minimum atomic E-state index is -0.274. The van der Waals surface area contributed by atoms with Gasteiger partial charge in [-0.3, -0.25) is 0 Å². The molecule has 0 saturated heterocycles. The zero-order chi connectivity index (χ0) is 12.3. The minimum absolute atomic E-state index is 0.266. The Labute approximate surface area is 99.0 Å². The zero-order valence-electron chi connectivity index (χ0n) is 9.57. The third-order valence-electron chi connectivity index (χ3n) is 2.47. The van der Waals surface area contributed by atoms with Crippen LogP contribution in [-0.2, 0) is 13.2 Å². The van der Waals surface area contributed by atoms with Crippen LogP contribution in [0.15, 0.2) is 34.9 Å². The maximum Gasteiger partial charge on any atom is 0.146 e. The van der Waals surface area contributed by atoms with Gasteiger partial charge in [0.2, 0.25) is 0 Å². The number of rotatable bonds is 4. The molecule has 0 radical (unpaired) electrons. The van der Waals surface area contributed by atoms with Gasteiger partial charge in [0.1, 0.15) is 23.9 Å². The van der Waals surface area contributed by atoms with E-state index in [-0.39, 0.29) is 12.4 Å². The highest BCUT2D eigenvalue weighted by molar-refractivity contribution is 5.28. The monoisotopic (exact) mass is 235 g/mol. The van der Waals surface area contributed by atoms with Gasteiger partial charge in [-0.1, -0.05) is 6.07 Å². The molecule has 1 aromatic heterocycles. The molecule has 1 aromatic carbocycles. The fourth-order valence-corrected chi connectivity index (χ4v) is 1.43. The van der Waals surface area contributed by atoms with Crippen LogP contribution in [0.4, 0.5) is 4.39 Å². The van der Waals surface area contributed by atoms with Gasteiger partial charge in [0.05, 0.1) is 6.26 Å². The van der Waals surface area contributed by atoms with Crippen LogP contribution in [0.3, 0.4) is 0 Å². The minimum Gasteiger partial charge on any atom is -0.486 e. The van der Waals surface area contributed by atoms with Crippen molar-refractivity contribution in [1.82, 2.24) is 0 Å². The molecule has 2 aromatic rings. The van der Waals surface area contributed by atoms with E-state index >= 15 is 0 Å². The Hall–Kier alpha value is -1.81. The average Bonchev–Trinajstić information content (AvgIpc) is 2.79. The summed E-state index contributed by atoms with van der Waals surface area (Å²) in [6, 6.07) is 6.59. The first-order chi connectivity index (χ1) is 8.19. The summed E-state index contributed by atoms with van der Waals surface area (Å²) in [5.74, 6) is 0.884. The fraction of sp³-hybridized carbons (Fsp3) is 0.231. The van der Waals surface area contributed by atoms with E-state index in [1.165, 1.54) is 6.07 Å². The van der Waals surface area contributed by atoms with E-state index in [1.807, 2.05) is 6.07 Å². The summed E-state index contributed by atoms with van der Waals surface area (Å²) in [4.78, 5) is 0. The number of aryl methyl sites for hydroxylation is 1. The summed E-state index contributed by atoms with van der Waals surface area (Å²) in [5, 5.41) is 0. The van der Waals surface area contributed by atoms with Crippen molar-refractivity contribution in [3.63, 3.8) is 0 Å². The summed E-state index contributed by atoms with van der Waals surface area (Å²) in [7, 11) is 0. The Morgan fingerprint density at radius 2 is 2.18 bits per heavy atom. The molecule has 1 heterocycles. The van der Waals surface area contributed by atoms with Gasteiger partial charge in [-0.25, -0.2) is 4.39 Å². The first kappa shape index (κ1) is 11.7. The van der Waals surface area contributed by atoms with Crippen LogP contribution in [-0.4, -0.2) is 0 Å². The van der Waals surface area contributed by atoms with Crippen LogP contribution >= 0.6 is 0 Å². The van der Waals surface area contributed by atoms with Crippen molar-refractivity contribution in [2.45, 2.75) is 20.1 Å². The molecule has 0 unspecified atom stereocenters. The maximum atomic E-state index is 13.2. The summed E-state index contributed by atoms with van der Waals surface area (Å²) < 4.78 is 23.9. The van der Waals surface area contributed by atoms with Gasteiger partial charge in [-0.15, -0.1) is 0 Å². The van der Waals surface area contributed by atoms with Gasteiger partial charge in [-0.05, 0) is 24.6 Å². The molecule has 0 saturated carbocycles. The molecule has 2 N–H and O–H groups in total. The summed E-state index contributed by atoms with van der Waals surface area (Å²) in [5.41, 5.74) is 6.97. The molecule has 17 heavy (non-hydrogen) atoms. The van der Waals surface area contributed by atoms with E-state index in [2.05, 4.69) is 0 Å². The standard InChI is InChI=1S/C13H14FNO2/c1-9-2-3-11(5-13(9)14)17-8-12-4-10(6-15)7-16-12/h2-5,7H,6,8,15H2,1H3. The van der Waals surface area contributed by atoms with E-state index in [4.69, 9.17) is 14.9 Å². The second-order valence-corrected chi connectivity index (χ2v) is 3.83. The number of halogens is 1. The van der Waals surface area contributed by atoms with E-state index < -0.39 is 0 Å². The second kappa shape index (κ2) is 5.01. The molecule has 90 valence electrons. The lowest BCUT2D eigenvalue weighted by molar-refractivity contribution is 0.269. The molecule has 0 fully saturated rings. The molecule has 4 heteroatoms. The summed E-state index contributed by atoms with van der Waals surface area (Å²) >= 11 is 0. The van der Waals surface area contributed by atoms with Crippen molar-refractivity contribution in [2.24, 2.45) is 5.73 Å². The van der Waals surface area contributed by atoms with Crippen LogP contribution < -0.4 is 10.5 Å².